The molecule has 3 aromatic rings. The lowest BCUT2D eigenvalue weighted by atomic mass is 10.1. The second kappa shape index (κ2) is 3.84. The third-order valence-electron chi connectivity index (χ3n) is 2.91. The van der Waals surface area contributed by atoms with E-state index in [2.05, 4.69) is 31.0 Å². The normalized spacial score (nSPS) is 11.3. The molecule has 6 heteroatoms. The first-order valence-electron chi connectivity index (χ1n) is 5.51. The SMILES string of the molecule is Cc1nc2ccc(-c3nn(C)c(N)c3Br)cc2[nH]1. The summed E-state index contributed by atoms with van der Waals surface area (Å²) in [5.74, 6) is 1.52. The Morgan fingerprint density at radius 1 is 1.39 bits per heavy atom. The average molecular weight is 306 g/mol. The highest BCUT2D eigenvalue weighted by Gasteiger charge is 2.13. The first kappa shape index (κ1) is 11.3. The molecule has 1 aromatic carbocycles. The molecule has 18 heavy (non-hydrogen) atoms. The van der Waals surface area contributed by atoms with Crippen molar-refractivity contribution < 1.29 is 0 Å². The molecule has 0 aliphatic heterocycles. The summed E-state index contributed by atoms with van der Waals surface area (Å²) in [4.78, 5) is 7.59. The van der Waals surface area contributed by atoms with Crippen LogP contribution in [0.4, 0.5) is 5.82 Å². The minimum atomic E-state index is 0.617. The fraction of sp³-hybridized carbons (Fsp3) is 0.167. The van der Waals surface area contributed by atoms with E-state index >= 15 is 0 Å². The molecular formula is C12H12BrN5. The topological polar surface area (TPSA) is 72.5 Å². The number of aryl methyl sites for hydroxylation is 2. The van der Waals surface area contributed by atoms with Gasteiger partial charge in [-0.3, -0.25) is 4.68 Å². The first-order valence-corrected chi connectivity index (χ1v) is 6.30. The fourth-order valence-corrected chi connectivity index (χ4v) is 2.54. The number of aromatic amines is 1. The van der Waals surface area contributed by atoms with Gasteiger partial charge in [0.25, 0.3) is 0 Å². The molecule has 0 fully saturated rings. The maximum atomic E-state index is 5.89. The number of H-pyrrole nitrogens is 1. The standard InChI is InChI=1S/C12H12BrN5/c1-6-15-8-4-3-7(5-9(8)16-6)11-10(13)12(14)18(2)17-11/h3-5H,14H2,1-2H3,(H,15,16). The van der Waals surface area contributed by atoms with Crippen LogP contribution in [0.5, 0.6) is 0 Å². The van der Waals surface area contributed by atoms with Crippen molar-refractivity contribution in [1.29, 1.82) is 0 Å². The van der Waals surface area contributed by atoms with E-state index in [-0.39, 0.29) is 0 Å². The number of nitrogens with one attached hydrogen (secondary N) is 1. The molecular weight excluding hydrogens is 294 g/mol. The second-order valence-corrected chi connectivity index (χ2v) is 5.02. The molecule has 3 N–H and O–H groups in total. The summed E-state index contributed by atoms with van der Waals surface area (Å²) < 4.78 is 2.47. The van der Waals surface area contributed by atoms with Gasteiger partial charge in [0.1, 0.15) is 17.3 Å². The molecule has 5 nitrogen and oxygen atoms in total. The maximum absolute atomic E-state index is 5.89. The van der Waals surface area contributed by atoms with Gasteiger partial charge in [0.2, 0.25) is 0 Å². The van der Waals surface area contributed by atoms with E-state index in [4.69, 9.17) is 5.73 Å². The third kappa shape index (κ3) is 1.60. The first-order chi connectivity index (χ1) is 8.56. The molecule has 0 atom stereocenters. The molecule has 0 unspecified atom stereocenters. The van der Waals surface area contributed by atoms with Crippen molar-refractivity contribution in [2.75, 3.05) is 5.73 Å². The van der Waals surface area contributed by atoms with Crippen LogP contribution in [0.2, 0.25) is 0 Å². The van der Waals surface area contributed by atoms with Gasteiger partial charge >= 0.3 is 0 Å². The number of hydrogen-bond acceptors (Lipinski definition) is 3. The van der Waals surface area contributed by atoms with E-state index < -0.39 is 0 Å². The molecule has 0 radical (unpaired) electrons. The van der Waals surface area contributed by atoms with Crippen LogP contribution in [0, 0.1) is 6.92 Å². The summed E-state index contributed by atoms with van der Waals surface area (Å²) in [6.07, 6.45) is 0. The Balaban J connectivity index is 2.21. The molecule has 0 saturated carbocycles. The monoisotopic (exact) mass is 305 g/mol. The Bertz CT molecular complexity index is 740. The van der Waals surface area contributed by atoms with Gasteiger partial charge in [-0.2, -0.15) is 5.10 Å². The lowest BCUT2D eigenvalue weighted by molar-refractivity contribution is 0.782. The van der Waals surface area contributed by atoms with Gasteiger partial charge in [-0.15, -0.1) is 0 Å². The van der Waals surface area contributed by atoms with Gasteiger partial charge < -0.3 is 10.7 Å². The average Bonchev–Trinajstić information content (AvgIpc) is 2.82. The molecule has 0 bridgehead atoms. The number of aromatic nitrogens is 4. The second-order valence-electron chi connectivity index (χ2n) is 4.23. The molecule has 0 spiro atoms. The van der Waals surface area contributed by atoms with Crippen molar-refractivity contribution >= 4 is 32.8 Å². The number of halogens is 1. The predicted molar refractivity (Wildman–Crippen MR) is 75.1 cm³/mol. The van der Waals surface area contributed by atoms with Crippen LogP contribution in [0.25, 0.3) is 22.3 Å². The van der Waals surface area contributed by atoms with Crippen molar-refractivity contribution in [3.8, 4) is 11.3 Å². The van der Waals surface area contributed by atoms with E-state index in [1.54, 1.807) is 4.68 Å². The Morgan fingerprint density at radius 2 is 2.17 bits per heavy atom. The summed E-state index contributed by atoms with van der Waals surface area (Å²) in [6, 6.07) is 6.00. The third-order valence-corrected chi connectivity index (χ3v) is 3.69. The quantitative estimate of drug-likeness (QED) is 0.726. The van der Waals surface area contributed by atoms with Gasteiger partial charge in [-0.05, 0) is 35.0 Å². The van der Waals surface area contributed by atoms with E-state index in [1.165, 1.54) is 0 Å². The van der Waals surface area contributed by atoms with Gasteiger partial charge in [-0.1, -0.05) is 6.07 Å². The Hall–Kier alpha value is -1.82. The number of benzene rings is 1. The lowest BCUT2D eigenvalue weighted by Gasteiger charge is -1.97. The largest absolute Gasteiger partial charge is 0.383 e. The Kier molecular flexibility index (Phi) is 2.41. The van der Waals surface area contributed by atoms with Crippen LogP contribution < -0.4 is 5.73 Å². The van der Waals surface area contributed by atoms with Gasteiger partial charge in [-0.25, -0.2) is 4.98 Å². The smallest absolute Gasteiger partial charge is 0.136 e. The van der Waals surface area contributed by atoms with Crippen molar-refractivity contribution in [3.05, 3.63) is 28.5 Å². The van der Waals surface area contributed by atoms with Crippen molar-refractivity contribution in [1.82, 2.24) is 19.7 Å². The maximum Gasteiger partial charge on any atom is 0.136 e. The van der Waals surface area contributed by atoms with Gasteiger partial charge in [0.05, 0.1) is 15.5 Å². The van der Waals surface area contributed by atoms with Crippen LogP contribution in [-0.4, -0.2) is 19.7 Å². The van der Waals surface area contributed by atoms with Gasteiger partial charge in [0.15, 0.2) is 0 Å². The number of imidazole rings is 1. The van der Waals surface area contributed by atoms with E-state index in [0.29, 0.717) is 5.82 Å². The van der Waals surface area contributed by atoms with Crippen molar-refractivity contribution in [3.63, 3.8) is 0 Å². The van der Waals surface area contributed by atoms with E-state index in [1.807, 2.05) is 32.2 Å². The van der Waals surface area contributed by atoms with Crippen LogP contribution >= 0.6 is 15.9 Å². The summed E-state index contributed by atoms with van der Waals surface area (Å²) in [7, 11) is 1.82. The van der Waals surface area contributed by atoms with Crippen molar-refractivity contribution in [2.24, 2.45) is 7.05 Å². The molecule has 0 saturated heterocycles. The molecule has 2 heterocycles. The molecule has 3 rings (SSSR count). The molecule has 2 aromatic heterocycles. The number of rotatable bonds is 1. The molecule has 0 aliphatic carbocycles. The number of anilines is 1. The number of nitrogen functional groups attached to an aromatic ring is 1. The fourth-order valence-electron chi connectivity index (χ4n) is 1.98. The zero-order valence-corrected chi connectivity index (χ0v) is 11.6. The number of fused-ring (bicyclic) bond motifs is 1. The Labute approximate surface area is 112 Å². The molecule has 92 valence electrons. The van der Waals surface area contributed by atoms with Crippen molar-refractivity contribution in [2.45, 2.75) is 6.92 Å². The van der Waals surface area contributed by atoms with Crippen LogP contribution in [0.3, 0.4) is 0 Å². The van der Waals surface area contributed by atoms with Crippen LogP contribution in [0.15, 0.2) is 22.7 Å². The molecule has 0 amide bonds. The predicted octanol–water partition coefficient (Wildman–Crippen LogP) is 2.62. The zero-order chi connectivity index (χ0) is 12.9. The van der Waals surface area contributed by atoms with Crippen LogP contribution in [0.1, 0.15) is 5.82 Å². The van der Waals surface area contributed by atoms with Gasteiger partial charge in [0, 0.05) is 12.6 Å². The highest BCUT2D eigenvalue weighted by molar-refractivity contribution is 9.10. The number of nitrogens with zero attached hydrogens (tertiary/aromatic N) is 3. The highest BCUT2D eigenvalue weighted by atomic mass is 79.9. The highest BCUT2D eigenvalue weighted by Crippen LogP contribution is 2.32. The number of hydrogen-bond donors (Lipinski definition) is 2. The number of nitrogens with two attached hydrogens (primary N) is 1. The minimum Gasteiger partial charge on any atom is -0.383 e. The minimum absolute atomic E-state index is 0.617. The summed E-state index contributed by atoms with van der Waals surface area (Å²) in [6.45, 7) is 1.94. The summed E-state index contributed by atoms with van der Waals surface area (Å²) in [5, 5.41) is 4.40. The summed E-state index contributed by atoms with van der Waals surface area (Å²) >= 11 is 3.47. The summed E-state index contributed by atoms with van der Waals surface area (Å²) in [5.41, 5.74) is 9.69. The van der Waals surface area contributed by atoms with E-state index in [0.717, 1.165) is 32.6 Å². The van der Waals surface area contributed by atoms with Crippen LogP contribution in [-0.2, 0) is 7.05 Å². The lowest BCUT2D eigenvalue weighted by Crippen LogP contribution is -1.97. The Morgan fingerprint density at radius 3 is 2.83 bits per heavy atom. The zero-order valence-electron chi connectivity index (χ0n) is 10.0. The van der Waals surface area contributed by atoms with E-state index in [9.17, 15) is 0 Å². The molecule has 0 aliphatic rings.